The van der Waals surface area contributed by atoms with E-state index in [2.05, 4.69) is 132 Å². The van der Waals surface area contributed by atoms with Crippen molar-refractivity contribution in [2.24, 2.45) is 0 Å². The van der Waals surface area contributed by atoms with Gasteiger partial charge in [0.2, 0.25) is 0 Å². The fourth-order valence-electron chi connectivity index (χ4n) is 7.51. The van der Waals surface area contributed by atoms with Crippen molar-refractivity contribution in [2.45, 2.75) is 0 Å². The van der Waals surface area contributed by atoms with Crippen LogP contribution in [0, 0.1) is 0 Å². The number of rotatable bonds is 4. The normalized spacial score (nSPS) is 11.9. The zero-order valence-electron chi connectivity index (χ0n) is 27.1. The summed E-state index contributed by atoms with van der Waals surface area (Å²) in [6.07, 6.45) is 0. The van der Waals surface area contributed by atoms with Crippen LogP contribution in [0.15, 0.2) is 162 Å². The summed E-state index contributed by atoms with van der Waals surface area (Å²) in [7, 11) is 0. The smallest absolute Gasteiger partial charge is 0.165 e. The van der Waals surface area contributed by atoms with Gasteiger partial charge in [0.05, 0.1) is 11.0 Å². The van der Waals surface area contributed by atoms with Crippen LogP contribution in [0.4, 0.5) is 0 Å². The predicted octanol–water partition coefficient (Wildman–Crippen LogP) is 12.2. The summed E-state index contributed by atoms with van der Waals surface area (Å²) in [4.78, 5) is 15.4. The van der Waals surface area contributed by atoms with Gasteiger partial charge in [0.25, 0.3) is 0 Å². The monoisotopic (exact) mass is 670 g/mol. The molecule has 7 aromatic carbocycles. The minimum Gasteiger partial charge on any atom is -0.456 e. The van der Waals surface area contributed by atoms with Crippen molar-refractivity contribution in [3.8, 4) is 39.9 Å². The Morgan fingerprint density at radius 3 is 2.00 bits per heavy atom. The molecule has 0 aliphatic rings. The van der Waals surface area contributed by atoms with Gasteiger partial charge in [0.1, 0.15) is 11.2 Å². The lowest BCUT2D eigenvalue weighted by molar-refractivity contribution is 0.668. The van der Waals surface area contributed by atoms with E-state index in [0.29, 0.717) is 17.5 Å². The topological polar surface area (TPSA) is 56.7 Å². The van der Waals surface area contributed by atoms with Gasteiger partial charge in [-0.1, -0.05) is 109 Å². The van der Waals surface area contributed by atoms with E-state index in [1.807, 2.05) is 30.3 Å². The standard InChI is InChI=1S/C45H26N4OS/c1-2-11-27(12-3-1)43-46-44(48-45(47-43)36-17-10-16-35-34-15-6-9-20-41(34)51-42(35)36)28-21-23-31-30-13-4-7-18-37(30)49(38(31)25-28)29-22-24-33-32-14-5-8-19-39(32)50-40(33)26-29/h1-26H. The van der Waals surface area contributed by atoms with Crippen molar-refractivity contribution in [3.63, 3.8) is 0 Å². The molecule has 0 aliphatic carbocycles. The van der Waals surface area contributed by atoms with Crippen LogP contribution in [0.25, 0.3) is 104 Å². The van der Waals surface area contributed by atoms with E-state index in [4.69, 9.17) is 19.4 Å². The van der Waals surface area contributed by atoms with Crippen molar-refractivity contribution >= 4 is 75.3 Å². The highest BCUT2D eigenvalue weighted by Crippen LogP contribution is 2.41. The fraction of sp³-hybridized carbons (Fsp3) is 0. The number of para-hydroxylation sites is 2. The van der Waals surface area contributed by atoms with Crippen molar-refractivity contribution in [3.05, 3.63) is 158 Å². The van der Waals surface area contributed by atoms with Crippen molar-refractivity contribution < 1.29 is 4.42 Å². The van der Waals surface area contributed by atoms with Gasteiger partial charge in [0.15, 0.2) is 17.5 Å². The van der Waals surface area contributed by atoms with E-state index in [9.17, 15) is 0 Å². The Bertz CT molecular complexity index is 3150. The summed E-state index contributed by atoms with van der Waals surface area (Å²) < 4.78 is 11.1. The Morgan fingerprint density at radius 2 is 1.10 bits per heavy atom. The second kappa shape index (κ2) is 10.9. The Morgan fingerprint density at radius 1 is 0.431 bits per heavy atom. The van der Waals surface area contributed by atoms with Gasteiger partial charge in [-0.05, 0) is 42.5 Å². The molecule has 0 fully saturated rings. The molecular weight excluding hydrogens is 645 g/mol. The molecule has 11 rings (SSSR count). The first-order valence-electron chi connectivity index (χ1n) is 16.9. The molecule has 4 aromatic heterocycles. The lowest BCUT2D eigenvalue weighted by Gasteiger charge is -2.11. The van der Waals surface area contributed by atoms with Gasteiger partial charge in [-0.25, -0.2) is 15.0 Å². The third-order valence-corrected chi connectivity index (χ3v) is 11.1. The van der Waals surface area contributed by atoms with Crippen LogP contribution in [-0.4, -0.2) is 19.5 Å². The zero-order valence-corrected chi connectivity index (χ0v) is 27.9. The lowest BCUT2D eigenvalue weighted by Crippen LogP contribution is -2.00. The number of benzene rings is 7. The largest absolute Gasteiger partial charge is 0.456 e. The van der Waals surface area contributed by atoms with Crippen LogP contribution in [0.2, 0.25) is 0 Å². The van der Waals surface area contributed by atoms with E-state index in [1.165, 1.54) is 25.6 Å². The predicted molar refractivity (Wildman–Crippen MR) is 211 cm³/mol. The molecule has 0 N–H and O–H groups in total. The molecule has 0 bridgehead atoms. The molecule has 0 aliphatic heterocycles. The van der Waals surface area contributed by atoms with Crippen LogP contribution >= 0.6 is 11.3 Å². The van der Waals surface area contributed by atoms with Crippen LogP contribution in [-0.2, 0) is 0 Å². The molecule has 51 heavy (non-hydrogen) atoms. The Labute approximate surface area is 295 Å². The highest BCUT2D eigenvalue weighted by molar-refractivity contribution is 7.26. The first-order valence-corrected chi connectivity index (χ1v) is 17.8. The van der Waals surface area contributed by atoms with Gasteiger partial charge in [-0.3, -0.25) is 0 Å². The quantitative estimate of drug-likeness (QED) is 0.187. The molecule has 0 unspecified atom stereocenters. The molecule has 5 nitrogen and oxygen atoms in total. The first kappa shape index (κ1) is 28.2. The summed E-state index contributed by atoms with van der Waals surface area (Å²) in [5.41, 5.74) is 7.84. The highest BCUT2D eigenvalue weighted by atomic mass is 32.1. The van der Waals surface area contributed by atoms with Gasteiger partial charge >= 0.3 is 0 Å². The van der Waals surface area contributed by atoms with Gasteiger partial charge in [-0.2, -0.15) is 0 Å². The highest BCUT2D eigenvalue weighted by Gasteiger charge is 2.19. The van der Waals surface area contributed by atoms with Gasteiger partial charge in [-0.15, -0.1) is 11.3 Å². The maximum Gasteiger partial charge on any atom is 0.165 e. The number of aromatic nitrogens is 4. The summed E-state index contributed by atoms with van der Waals surface area (Å²) in [6, 6.07) is 54.9. The van der Waals surface area contributed by atoms with E-state index >= 15 is 0 Å². The van der Waals surface area contributed by atoms with Crippen LogP contribution in [0.1, 0.15) is 0 Å². The average Bonchev–Trinajstić information content (AvgIpc) is 3.87. The van der Waals surface area contributed by atoms with E-state index in [1.54, 1.807) is 11.3 Å². The van der Waals surface area contributed by atoms with Gasteiger partial charge in [0, 0.05) is 70.2 Å². The molecular formula is C45H26N4OS. The van der Waals surface area contributed by atoms with Crippen molar-refractivity contribution in [2.75, 3.05) is 0 Å². The van der Waals surface area contributed by atoms with E-state index in [-0.39, 0.29) is 0 Å². The number of thiophene rings is 1. The molecule has 0 atom stereocenters. The summed E-state index contributed by atoms with van der Waals surface area (Å²) in [5.74, 6) is 1.93. The first-order chi connectivity index (χ1) is 25.3. The minimum atomic E-state index is 0.628. The number of hydrogen-bond donors (Lipinski definition) is 0. The second-order valence-corrected chi connectivity index (χ2v) is 13.9. The Balaban J connectivity index is 1.15. The third kappa shape index (κ3) is 4.37. The molecule has 0 amide bonds. The van der Waals surface area contributed by atoms with Crippen molar-refractivity contribution in [1.82, 2.24) is 19.5 Å². The van der Waals surface area contributed by atoms with Gasteiger partial charge < -0.3 is 8.98 Å². The molecule has 0 radical (unpaired) electrons. The number of nitrogens with zero attached hydrogens (tertiary/aromatic N) is 4. The van der Waals surface area contributed by atoms with Crippen LogP contribution in [0.3, 0.4) is 0 Å². The van der Waals surface area contributed by atoms with E-state index < -0.39 is 0 Å². The maximum absolute atomic E-state index is 6.33. The molecule has 4 heterocycles. The fourth-order valence-corrected chi connectivity index (χ4v) is 8.72. The summed E-state index contributed by atoms with van der Waals surface area (Å²) in [6.45, 7) is 0. The SMILES string of the molecule is c1ccc(-c2nc(-c3ccc4c5ccccc5n(-c5ccc6c(c5)oc5ccccc56)c4c3)nc(-c3cccc4c3sc3ccccc34)n2)cc1. The molecule has 0 saturated heterocycles. The van der Waals surface area contributed by atoms with Crippen LogP contribution < -0.4 is 0 Å². The average molecular weight is 671 g/mol. The molecule has 0 spiro atoms. The molecule has 6 heteroatoms. The Kier molecular flexibility index (Phi) is 6.05. The molecule has 11 aromatic rings. The number of fused-ring (bicyclic) bond motifs is 9. The molecule has 238 valence electrons. The summed E-state index contributed by atoms with van der Waals surface area (Å²) in [5, 5.41) is 7.03. The molecule has 0 saturated carbocycles. The maximum atomic E-state index is 6.33. The zero-order chi connectivity index (χ0) is 33.5. The van der Waals surface area contributed by atoms with Crippen LogP contribution in [0.5, 0.6) is 0 Å². The number of furan rings is 1. The Hall–Kier alpha value is -6.63. The van der Waals surface area contributed by atoms with E-state index in [0.717, 1.165) is 60.7 Å². The second-order valence-electron chi connectivity index (χ2n) is 12.8. The summed E-state index contributed by atoms with van der Waals surface area (Å²) >= 11 is 1.78. The lowest BCUT2D eigenvalue weighted by atomic mass is 10.1. The number of hydrogen-bond acceptors (Lipinski definition) is 5. The minimum absolute atomic E-state index is 0.628. The van der Waals surface area contributed by atoms with Crippen molar-refractivity contribution in [1.29, 1.82) is 0 Å². The third-order valence-electron chi connectivity index (χ3n) is 9.87.